The van der Waals surface area contributed by atoms with Crippen molar-refractivity contribution < 1.29 is 14.1 Å². The molecule has 118 valence electrons. The van der Waals surface area contributed by atoms with E-state index in [0.29, 0.717) is 5.56 Å². The molecule has 2 aromatic carbocycles. The number of hydrogen-bond acceptors (Lipinski definition) is 3. The number of anilines is 1. The van der Waals surface area contributed by atoms with Crippen molar-refractivity contribution in [2.45, 2.75) is 6.92 Å². The minimum absolute atomic E-state index is 0.0647. The summed E-state index contributed by atoms with van der Waals surface area (Å²) >= 11 is 5.85. The lowest BCUT2D eigenvalue weighted by Crippen LogP contribution is -2.09. The number of carbonyl (C=O) groups excluding carboxylic acids is 1. The molecule has 0 spiro atoms. The molecule has 23 heavy (non-hydrogen) atoms. The second kappa shape index (κ2) is 7.02. The molecule has 0 saturated heterocycles. The van der Waals surface area contributed by atoms with Crippen LogP contribution in [0.15, 0.2) is 42.5 Å². The predicted molar refractivity (Wildman–Crippen MR) is 86.9 cm³/mol. The van der Waals surface area contributed by atoms with Gasteiger partial charge in [0.15, 0.2) is 0 Å². The lowest BCUT2D eigenvalue weighted by Gasteiger charge is -2.04. The molecule has 0 aliphatic carbocycles. The maximum Gasteiger partial charge on any atom is 0.293 e. The van der Waals surface area contributed by atoms with E-state index in [1.807, 2.05) is 0 Å². The van der Waals surface area contributed by atoms with Gasteiger partial charge in [-0.2, -0.15) is 0 Å². The fraction of sp³-hybridized carbons (Fsp3) is 0.0625. The summed E-state index contributed by atoms with van der Waals surface area (Å²) in [5, 5.41) is 13.6. The van der Waals surface area contributed by atoms with Gasteiger partial charge in [0.2, 0.25) is 5.91 Å². The fourth-order valence-electron chi connectivity index (χ4n) is 1.90. The van der Waals surface area contributed by atoms with Gasteiger partial charge in [-0.05, 0) is 36.8 Å². The second-order valence-electron chi connectivity index (χ2n) is 4.74. The predicted octanol–water partition coefficient (Wildman–Crippen LogP) is 4.35. The third-order valence-electron chi connectivity index (χ3n) is 3.01. The number of benzene rings is 2. The quantitative estimate of drug-likeness (QED) is 0.513. The molecule has 2 rings (SSSR count). The van der Waals surface area contributed by atoms with Gasteiger partial charge < -0.3 is 5.32 Å². The highest BCUT2D eigenvalue weighted by atomic mass is 35.5. The zero-order chi connectivity index (χ0) is 17.0. The maximum absolute atomic E-state index is 13.6. The average Bonchev–Trinajstić information content (AvgIpc) is 2.48. The van der Waals surface area contributed by atoms with Crippen molar-refractivity contribution in [3.8, 4) is 0 Å². The average molecular weight is 335 g/mol. The molecule has 7 heteroatoms. The van der Waals surface area contributed by atoms with Crippen LogP contribution in [0.4, 0.5) is 15.8 Å². The van der Waals surface area contributed by atoms with Gasteiger partial charge in [0.05, 0.1) is 9.95 Å². The first-order valence-corrected chi connectivity index (χ1v) is 6.94. The molecule has 0 atom stereocenters. The lowest BCUT2D eigenvalue weighted by molar-refractivity contribution is -0.384. The first kappa shape index (κ1) is 16.6. The maximum atomic E-state index is 13.6. The van der Waals surface area contributed by atoms with E-state index in [4.69, 9.17) is 11.6 Å². The van der Waals surface area contributed by atoms with Crippen LogP contribution in [0.25, 0.3) is 6.08 Å². The monoisotopic (exact) mass is 334 g/mol. The summed E-state index contributed by atoms with van der Waals surface area (Å²) in [6.45, 7) is 1.71. The van der Waals surface area contributed by atoms with Crippen molar-refractivity contribution in [1.82, 2.24) is 0 Å². The van der Waals surface area contributed by atoms with E-state index >= 15 is 0 Å². The number of nitro groups is 1. The summed E-state index contributed by atoms with van der Waals surface area (Å²) in [7, 11) is 0. The number of nitro benzene ring substituents is 1. The third kappa shape index (κ3) is 4.14. The summed E-state index contributed by atoms with van der Waals surface area (Å²) in [6.07, 6.45) is 2.28. The summed E-state index contributed by atoms with van der Waals surface area (Å²) in [6, 6.07) is 8.59. The number of halogens is 2. The van der Waals surface area contributed by atoms with Gasteiger partial charge in [0.1, 0.15) is 11.5 Å². The zero-order valence-electron chi connectivity index (χ0n) is 12.0. The Morgan fingerprint density at radius 1 is 1.35 bits per heavy atom. The molecule has 1 N–H and O–H groups in total. The van der Waals surface area contributed by atoms with Crippen molar-refractivity contribution >= 4 is 35.0 Å². The first-order chi connectivity index (χ1) is 10.9. The lowest BCUT2D eigenvalue weighted by atomic mass is 10.2. The van der Waals surface area contributed by atoms with Crippen molar-refractivity contribution in [3.05, 3.63) is 74.6 Å². The molecule has 0 radical (unpaired) electrons. The van der Waals surface area contributed by atoms with Crippen LogP contribution < -0.4 is 5.32 Å². The second-order valence-corrected chi connectivity index (χ2v) is 5.14. The Hall–Kier alpha value is -2.73. The molecular weight excluding hydrogens is 323 g/mol. The third-order valence-corrected chi connectivity index (χ3v) is 3.34. The van der Waals surface area contributed by atoms with Crippen LogP contribution in [0, 0.1) is 22.9 Å². The van der Waals surface area contributed by atoms with Gasteiger partial charge in [-0.1, -0.05) is 23.7 Å². The van der Waals surface area contributed by atoms with Crippen molar-refractivity contribution in [3.63, 3.8) is 0 Å². The van der Waals surface area contributed by atoms with Crippen LogP contribution in [0.1, 0.15) is 11.1 Å². The first-order valence-electron chi connectivity index (χ1n) is 6.56. The largest absolute Gasteiger partial charge is 0.317 e. The molecule has 0 saturated carbocycles. The molecule has 0 aliphatic rings. The Kier molecular flexibility index (Phi) is 5.08. The highest BCUT2D eigenvalue weighted by Gasteiger charge is 2.15. The van der Waals surface area contributed by atoms with Gasteiger partial charge in [-0.3, -0.25) is 14.9 Å². The molecule has 0 aromatic heterocycles. The van der Waals surface area contributed by atoms with E-state index in [2.05, 4.69) is 5.32 Å². The molecule has 1 amide bonds. The minimum Gasteiger partial charge on any atom is -0.317 e. The summed E-state index contributed by atoms with van der Waals surface area (Å²) < 4.78 is 13.6. The Morgan fingerprint density at radius 2 is 2.09 bits per heavy atom. The van der Waals surface area contributed by atoms with E-state index < -0.39 is 16.6 Å². The Balaban J connectivity index is 2.20. The molecule has 0 unspecified atom stereocenters. The molecule has 0 heterocycles. The Bertz CT molecular complexity index is 786. The zero-order valence-corrected chi connectivity index (χ0v) is 12.8. The van der Waals surface area contributed by atoms with Gasteiger partial charge in [0, 0.05) is 17.7 Å². The van der Waals surface area contributed by atoms with Crippen LogP contribution in [0.3, 0.4) is 0 Å². The molecule has 0 fully saturated rings. The summed E-state index contributed by atoms with van der Waals surface area (Å²) in [4.78, 5) is 22.3. The SMILES string of the molecule is Cc1ccc(NC(=O)C=Cc2c(F)cccc2Cl)c([N+](=O)[O-])c1. The standard InChI is InChI=1S/C16H12ClFN2O3/c1-10-5-7-14(15(9-10)20(22)23)19-16(21)8-6-11-12(17)3-2-4-13(11)18/h2-9H,1H3,(H,19,21). The number of hydrogen-bond donors (Lipinski definition) is 1. The van der Waals surface area contributed by atoms with Gasteiger partial charge >= 0.3 is 0 Å². The minimum atomic E-state index is -0.628. The van der Waals surface area contributed by atoms with Crippen LogP contribution in [0.5, 0.6) is 0 Å². The summed E-state index contributed by atoms with van der Waals surface area (Å²) in [5.74, 6) is -1.20. The van der Waals surface area contributed by atoms with E-state index in [0.717, 1.165) is 6.08 Å². The number of rotatable bonds is 4. The van der Waals surface area contributed by atoms with Gasteiger partial charge in [0.25, 0.3) is 5.69 Å². The van der Waals surface area contributed by atoms with E-state index in [9.17, 15) is 19.3 Å². The van der Waals surface area contributed by atoms with Crippen LogP contribution in [-0.2, 0) is 4.79 Å². The highest BCUT2D eigenvalue weighted by molar-refractivity contribution is 6.32. The van der Waals surface area contributed by atoms with Crippen molar-refractivity contribution in [2.75, 3.05) is 5.32 Å². The van der Waals surface area contributed by atoms with Gasteiger partial charge in [-0.15, -0.1) is 0 Å². The summed E-state index contributed by atoms with van der Waals surface area (Å²) in [5.41, 5.74) is 0.622. The van der Waals surface area contributed by atoms with E-state index in [-0.39, 0.29) is 22.0 Å². The number of amides is 1. The smallest absolute Gasteiger partial charge is 0.293 e. The Morgan fingerprint density at radius 3 is 2.74 bits per heavy atom. The Labute approximate surface area is 136 Å². The molecule has 2 aromatic rings. The van der Waals surface area contributed by atoms with Crippen molar-refractivity contribution in [2.24, 2.45) is 0 Å². The number of nitrogens with one attached hydrogen (secondary N) is 1. The fourth-order valence-corrected chi connectivity index (χ4v) is 2.13. The van der Waals surface area contributed by atoms with Gasteiger partial charge in [-0.25, -0.2) is 4.39 Å². The van der Waals surface area contributed by atoms with Crippen LogP contribution in [-0.4, -0.2) is 10.8 Å². The highest BCUT2D eigenvalue weighted by Crippen LogP contribution is 2.25. The topological polar surface area (TPSA) is 72.2 Å². The molecule has 0 bridgehead atoms. The molecule has 0 aliphatic heterocycles. The normalized spacial score (nSPS) is 10.7. The number of nitrogens with zero attached hydrogens (tertiary/aromatic N) is 1. The van der Waals surface area contributed by atoms with Crippen LogP contribution in [0.2, 0.25) is 5.02 Å². The van der Waals surface area contributed by atoms with E-state index in [1.54, 1.807) is 13.0 Å². The van der Waals surface area contributed by atoms with E-state index in [1.165, 1.54) is 36.4 Å². The molecular formula is C16H12ClFN2O3. The van der Waals surface area contributed by atoms with Crippen molar-refractivity contribution in [1.29, 1.82) is 0 Å². The molecule has 5 nitrogen and oxygen atoms in total. The number of aryl methyl sites for hydroxylation is 1. The van der Waals surface area contributed by atoms with Crippen LogP contribution >= 0.6 is 11.6 Å². The number of carbonyl (C=O) groups is 1.